The first-order valence-corrected chi connectivity index (χ1v) is 10.1. The SMILES string of the molecule is CSC1(CNC(=O)N2[C@H](C)C[C@@H]3CCCC[C@@H]32)CCOCC1. The molecule has 0 aromatic heterocycles. The lowest BCUT2D eigenvalue weighted by atomic mass is 9.85. The molecule has 126 valence electrons. The van der Waals surface area contributed by atoms with Gasteiger partial charge >= 0.3 is 6.03 Å². The first kappa shape index (κ1) is 16.4. The van der Waals surface area contributed by atoms with Crippen LogP contribution in [0.5, 0.6) is 0 Å². The van der Waals surface area contributed by atoms with Gasteiger partial charge in [0.1, 0.15) is 0 Å². The van der Waals surface area contributed by atoms with Crippen LogP contribution in [0.4, 0.5) is 4.79 Å². The number of hydrogen-bond acceptors (Lipinski definition) is 3. The average Bonchev–Trinajstić information content (AvgIpc) is 2.89. The maximum absolute atomic E-state index is 12.8. The quantitative estimate of drug-likeness (QED) is 0.865. The number of likely N-dealkylation sites (tertiary alicyclic amines) is 1. The van der Waals surface area contributed by atoms with Crippen LogP contribution in [0.25, 0.3) is 0 Å². The zero-order valence-electron chi connectivity index (χ0n) is 14.0. The molecule has 2 aliphatic heterocycles. The normalized spacial score (nSPS) is 34.3. The summed E-state index contributed by atoms with van der Waals surface area (Å²) < 4.78 is 5.65. The lowest BCUT2D eigenvalue weighted by molar-refractivity contribution is 0.0767. The molecule has 3 fully saturated rings. The first-order valence-electron chi connectivity index (χ1n) is 8.84. The summed E-state index contributed by atoms with van der Waals surface area (Å²) in [5.41, 5.74) is 0. The second-order valence-electron chi connectivity index (χ2n) is 7.26. The fraction of sp³-hybridized carbons (Fsp3) is 0.941. The summed E-state index contributed by atoms with van der Waals surface area (Å²) in [4.78, 5) is 14.9. The topological polar surface area (TPSA) is 41.6 Å². The summed E-state index contributed by atoms with van der Waals surface area (Å²) in [7, 11) is 0. The molecule has 0 bridgehead atoms. The molecule has 0 aromatic rings. The average molecular weight is 327 g/mol. The van der Waals surface area contributed by atoms with E-state index in [2.05, 4.69) is 23.4 Å². The number of nitrogens with zero attached hydrogens (tertiary/aromatic N) is 1. The molecular weight excluding hydrogens is 296 g/mol. The van der Waals surface area contributed by atoms with Gasteiger partial charge in [-0.3, -0.25) is 0 Å². The highest BCUT2D eigenvalue weighted by Gasteiger charge is 2.43. The standard InChI is InChI=1S/C17H30N2O2S/c1-13-11-14-5-3-4-6-15(14)19(13)16(20)18-12-17(22-2)7-9-21-10-8-17/h13-15H,3-12H2,1-2H3,(H,18,20)/t13-,14+,15+/m1/s1. The van der Waals surface area contributed by atoms with E-state index in [4.69, 9.17) is 4.74 Å². The van der Waals surface area contributed by atoms with Crippen molar-refractivity contribution in [2.24, 2.45) is 5.92 Å². The monoisotopic (exact) mass is 326 g/mol. The fourth-order valence-electron chi connectivity index (χ4n) is 4.58. The van der Waals surface area contributed by atoms with Crippen LogP contribution < -0.4 is 5.32 Å². The van der Waals surface area contributed by atoms with Crippen molar-refractivity contribution in [2.45, 2.75) is 68.7 Å². The van der Waals surface area contributed by atoms with Crippen molar-refractivity contribution in [1.82, 2.24) is 10.2 Å². The van der Waals surface area contributed by atoms with Gasteiger partial charge in [-0.15, -0.1) is 0 Å². The van der Waals surface area contributed by atoms with Crippen LogP contribution in [0.1, 0.15) is 51.9 Å². The van der Waals surface area contributed by atoms with Gasteiger partial charge in [0.25, 0.3) is 0 Å². The molecule has 1 N–H and O–H groups in total. The van der Waals surface area contributed by atoms with Crippen LogP contribution in [0.2, 0.25) is 0 Å². The zero-order valence-corrected chi connectivity index (χ0v) is 14.8. The number of ether oxygens (including phenoxy) is 1. The van der Waals surface area contributed by atoms with Gasteiger partial charge in [-0.25, -0.2) is 4.79 Å². The Bertz CT molecular complexity index is 398. The molecule has 2 heterocycles. The maximum Gasteiger partial charge on any atom is 0.317 e. The first-order chi connectivity index (χ1) is 10.7. The van der Waals surface area contributed by atoms with E-state index in [1.165, 1.54) is 32.1 Å². The molecule has 0 radical (unpaired) electrons. The number of fused-ring (bicyclic) bond motifs is 1. The van der Waals surface area contributed by atoms with Crippen LogP contribution >= 0.6 is 11.8 Å². The number of carbonyl (C=O) groups excluding carboxylic acids is 1. The fourth-order valence-corrected chi connectivity index (χ4v) is 5.37. The summed E-state index contributed by atoms with van der Waals surface area (Å²) in [6.45, 7) is 4.64. The summed E-state index contributed by atoms with van der Waals surface area (Å²) in [5.74, 6) is 0.743. The van der Waals surface area contributed by atoms with E-state index in [0.717, 1.165) is 38.5 Å². The van der Waals surface area contributed by atoms with Gasteiger partial charge in [0, 0.05) is 36.6 Å². The third-order valence-corrected chi connectivity index (χ3v) is 7.40. The van der Waals surface area contributed by atoms with Crippen LogP contribution in [0.15, 0.2) is 0 Å². The second kappa shape index (κ2) is 7.00. The van der Waals surface area contributed by atoms with Gasteiger partial charge in [-0.05, 0) is 51.2 Å². The van der Waals surface area contributed by atoms with Crippen molar-refractivity contribution >= 4 is 17.8 Å². The summed E-state index contributed by atoms with van der Waals surface area (Å²) in [5, 5.41) is 3.26. The van der Waals surface area contributed by atoms with Gasteiger partial charge in [0.05, 0.1) is 0 Å². The Balaban J connectivity index is 1.59. The molecule has 1 aliphatic carbocycles. The Morgan fingerprint density at radius 2 is 2.05 bits per heavy atom. The van der Waals surface area contributed by atoms with E-state index in [0.29, 0.717) is 12.1 Å². The number of amides is 2. The molecule has 0 unspecified atom stereocenters. The number of nitrogens with one attached hydrogen (secondary N) is 1. The molecule has 2 amide bonds. The molecule has 5 heteroatoms. The zero-order chi connectivity index (χ0) is 15.6. The molecule has 22 heavy (non-hydrogen) atoms. The van der Waals surface area contributed by atoms with E-state index in [1.54, 1.807) is 0 Å². The van der Waals surface area contributed by atoms with E-state index in [-0.39, 0.29) is 10.8 Å². The number of thioether (sulfide) groups is 1. The largest absolute Gasteiger partial charge is 0.381 e. The summed E-state index contributed by atoms with van der Waals surface area (Å²) >= 11 is 1.89. The number of urea groups is 1. The van der Waals surface area contributed by atoms with Gasteiger partial charge in [0.2, 0.25) is 0 Å². The molecule has 2 saturated heterocycles. The number of hydrogen-bond donors (Lipinski definition) is 1. The minimum Gasteiger partial charge on any atom is -0.381 e. The van der Waals surface area contributed by atoms with Gasteiger partial charge < -0.3 is 15.0 Å². The van der Waals surface area contributed by atoms with Crippen molar-refractivity contribution in [1.29, 1.82) is 0 Å². The number of rotatable bonds is 3. The molecule has 3 rings (SSSR count). The van der Waals surface area contributed by atoms with Crippen molar-refractivity contribution < 1.29 is 9.53 Å². The van der Waals surface area contributed by atoms with Gasteiger partial charge in [-0.1, -0.05) is 12.8 Å². The lowest BCUT2D eigenvalue weighted by Crippen LogP contribution is -2.52. The van der Waals surface area contributed by atoms with Crippen LogP contribution in [-0.4, -0.2) is 53.8 Å². The van der Waals surface area contributed by atoms with Crippen molar-refractivity contribution in [2.75, 3.05) is 26.0 Å². The Morgan fingerprint density at radius 1 is 1.32 bits per heavy atom. The van der Waals surface area contributed by atoms with Crippen molar-refractivity contribution in [3.63, 3.8) is 0 Å². The molecule has 1 saturated carbocycles. The highest BCUT2D eigenvalue weighted by Crippen LogP contribution is 2.39. The highest BCUT2D eigenvalue weighted by atomic mass is 32.2. The lowest BCUT2D eigenvalue weighted by Gasteiger charge is -2.38. The molecular formula is C17H30N2O2S. The molecule has 0 spiro atoms. The third-order valence-electron chi connectivity index (χ3n) is 5.98. The van der Waals surface area contributed by atoms with Crippen LogP contribution in [-0.2, 0) is 4.74 Å². The summed E-state index contributed by atoms with van der Waals surface area (Å²) in [6.07, 6.45) is 10.6. The van der Waals surface area contributed by atoms with Crippen molar-refractivity contribution in [3.05, 3.63) is 0 Å². The van der Waals surface area contributed by atoms with Gasteiger partial charge in [-0.2, -0.15) is 11.8 Å². The van der Waals surface area contributed by atoms with E-state index < -0.39 is 0 Å². The maximum atomic E-state index is 12.8. The van der Waals surface area contributed by atoms with E-state index in [1.807, 2.05) is 11.8 Å². The number of carbonyl (C=O) groups is 1. The molecule has 3 atom stereocenters. The van der Waals surface area contributed by atoms with Crippen LogP contribution in [0, 0.1) is 5.92 Å². The van der Waals surface area contributed by atoms with E-state index >= 15 is 0 Å². The Kier molecular flexibility index (Phi) is 5.23. The molecule has 0 aromatic carbocycles. The predicted molar refractivity (Wildman–Crippen MR) is 91.4 cm³/mol. The minimum absolute atomic E-state index is 0.168. The van der Waals surface area contributed by atoms with Crippen molar-refractivity contribution in [3.8, 4) is 0 Å². The molecule has 3 aliphatic rings. The highest BCUT2D eigenvalue weighted by molar-refractivity contribution is 8.00. The smallest absolute Gasteiger partial charge is 0.317 e. The Labute approximate surface area is 138 Å². The second-order valence-corrected chi connectivity index (χ2v) is 8.54. The third kappa shape index (κ3) is 3.25. The predicted octanol–water partition coefficient (Wildman–Crippen LogP) is 3.26. The summed E-state index contributed by atoms with van der Waals surface area (Å²) in [6, 6.07) is 1.05. The Morgan fingerprint density at radius 3 is 2.77 bits per heavy atom. The molecule has 4 nitrogen and oxygen atoms in total. The van der Waals surface area contributed by atoms with Crippen LogP contribution in [0.3, 0.4) is 0 Å². The van der Waals surface area contributed by atoms with Gasteiger partial charge in [0.15, 0.2) is 0 Å². The van der Waals surface area contributed by atoms with E-state index in [9.17, 15) is 4.79 Å². The minimum atomic E-state index is 0.168. The Hall–Kier alpha value is -0.420.